The topological polar surface area (TPSA) is 49.4 Å². The molecule has 2 aromatic rings. The molecular weight excluding hydrogens is 380 g/mol. The molecule has 2 aromatic carbocycles. The van der Waals surface area contributed by atoms with Crippen LogP contribution in [0, 0.1) is 0 Å². The number of halogens is 1. The first kappa shape index (κ1) is 18.4. The van der Waals surface area contributed by atoms with Gasteiger partial charge in [-0.1, -0.05) is 54.1 Å². The van der Waals surface area contributed by atoms with Crippen LogP contribution < -0.4 is 5.32 Å². The molecule has 3 unspecified atom stereocenters. The molecule has 4 rings (SSSR count). The molecule has 2 aliphatic heterocycles. The highest BCUT2D eigenvalue weighted by Crippen LogP contribution is 2.47. The van der Waals surface area contributed by atoms with Crippen molar-refractivity contribution in [3.8, 4) is 0 Å². The molecule has 27 heavy (non-hydrogen) atoms. The van der Waals surface area contributed by atoms with Crippen molar-refractivity contribution in [2.75, 3.05) is 5.75 Å². The first-order valence-corrected chi connectivity index (χ1v) is 10.4. The Kier molecular flexibility index (Phi) is 4.91. The van der Waals surface area contributed by atoms with E-state index in [1.165, 1.54) is 0 Å². The highest BCUT2D eigenvalue weighted by molar-refractivity contribution is 8.01. The van der Waals surface area contributed by atoms with Gasteiger partial charge in [0.05, 0.1) is 10.9 Å². The Hall–Kier alpha value is -1.98. The second kappa shape index (κ2) is 7.21. The molecule has 0 saturated carbocycles. The zero-order chi connectivity index (χ0) is 19.0. The Morgan fingerprint density at radius 3 is 2.56 bits per heavy atom. The van der Waals surface area contributed by atoms with E-state index in [1.807, 2.05) is 54.6 Å². The number of amides is 2. The molecule has 2 fully saturated rings. The number of fused-ring (bicyclic) bond motifs is 1. The average Bonchev–Trinajstić information content (AvgIpc) is 3.17. The van der Waals surface area contributed by atoms with Gasteiger partial charge in [-0.3, -0.25) is 9.59 Å². The molecule has 140 valence electrons. The maximum absolute atomic E-state index is 13.2. The number of hydrogen-bond acceptors (Lipinski definition) is 3. The van der Waals surface area contributed by atoms with Crippen molar-refractivity contribution in [2.45, 2.75) is 36.7 Å². The predicted molar refractivity (Wildman–Crippen MR) is 109 cm³/mol. The number of rotatable bonds is 4. The van der Waals surface area contributed by atoms with Gasteiger partial charge in [0.2, 0.25) is 11.8 Å². The van der Waals surface area contributed by atoms with E-state index in [0.717, 1.165) is 17.5 Å². The highest BCUT2D eigenvalue weighted by atomic mass is 35.5. The lowest BCUT2D eigenvalue weighted by molar-refractivity contribution is -0.138. The normalized spacial score (nSPS) is 25.3. The third-order valence-electron chi connectivity index (χ3n) is 5.37. The Morgan fingerprint density at radius 2 is 1.85 bits per heavy atom. The first-order chi connectivity index (χ1) is 13.0. The van der Waals surface area contributed by atoms with Gasteiger partial charge in [0.25, 0.3) is 0 Å². The van der Waals surface area contributed by atoms with Crippen LogP contribution in [0.15, 0.2) is 54.6 Å². The lowest BCUT2D eigenvalue weighted by Gasteiger charge is -2.31. The van der Waals surface area contributed by atoms with Gasteiger partial charge in [0.15, 0.2) is 0 Å². The molecule has 4 nitrogen and oxygen atoms in total. The van der Waals surface area contributed by atoms with E-state index >= 15 is 0 Å². The Balaban J connectivity index is 1.61. The molecular formula is C21H21ClN2O2S. The van der Waals surface area contributed by atoms with Gasteiger partial charge >= 0.3 is 0 Å². The maximum Gasteiger partial charge on any atom is 0.244 e. The van der Waals surface area contributed by atoms with Crippen LogP contribution in [0.2, 0.25) is 5.02 Å². The minimum Gasteiger partial charge on any atom is -0.343 e. The van der Waals surface area contributed by atoms with Crippen molar-refractivity contribution in [3.05, 3.63) is 70.7 Å². The molecule has 2 aliphatic rings. The summed E-state index contributed by atoms with van der Waals surface area (Å²) in [5.74, 6) is 0.603. The molecule has 0 bridgehead atoms. The van der Waals surface area contributed by atoms with Crippen molar-refractivity contribution in [3.63, 3.8) is 0 Å². The summed E-state index contributed by atoms with van der Waals surface area (Å²) in [6, 6.07) is 16.6. The highest BCUT2D eigenvalue weighted by Gasteiger charge is 2.53. The van der Waals surface area contributed by atoms with Crippen molar-refractivity contribution in [1.29, 1.82) is 0 Å². The molecule has 0 radical (unpaired) electrons. The van der Waals surface area contributed by atoms with Gasteiger partial charge in [-0.05, 0) is 36.6 Å². The Labute approximate surface area is 168 Å². The third kappa shape index (κ3) is 3.46. The van der Waals surface area contributed by atoms with Crippen LogP contribution in [-0.4, -0.2) is 33.4 Å². The minimum absolute atomic E-state index is 0.0744. The summed E-state index contributed by atoms with van der Waals surface area (Å²) in [7, 11) is 0. The largest absolute Gasteiger partial charge is 0.343 e. The van der Waals surface area contributed by atoms with Gasteiger partial charge in [-0.25, -0.2) is 0 Å². The molecule has 2 amide bonds. The number of nitrogens with one attached hydrogen (secondary N) is 1. The smallest absolute Gasteiger partial charge is 0.244 e. The summed E-state index contributed by atoms with van der Waals surface area (Å²) >= 11 is 7.73. The molecule has 0 aromatic heterocycles. The molecule has 0 aliphatic carbocycles. The first-order valence-electron chi connectivity index (χ1n) is 9.05. The van der Waals surface area contributed by atoms with E-state index in [1.54, 1.807) is 16.7 Å². The number of carbonyl (C=O) groups excluding carboxylic acids is 2. The monoisotopic (exact) mass is 400 g/mol. The molecule has 0 spiro atoms. The van der Waals surface area contributed by atoms with Crippen LogP contribution in [0.25, 0.3) is 0 Å². The second-order valence-corrected chi connectivity index (χ2v) is 9.11. The fourth-order valence-corrected chi connectivity index (χ4v) is 5.47. The molecule has 3 atom stereocenters. The van der Waals surface area contributed by atoms with E-state index in [0.29, 0.717) is 17.2 Å². The van der Waals surface area contributed by atoms with Gasteiger partial charge in [0.1, 0.15) is 6.04 Å². The van der Waals surface area contributed by atoms with E-state index in [9.17, 15) is 9.59 Å². The van der Waals surface area contributed by atoms with Crippen LogP contribution >= 0.6 is 23.4 Å². The van der Waals surface area contributed by atoms with Crippen molar-refractivity contribution in [2.24, 2.45) is 0 Å². The molecule has 1 N–H and O–H groups in total. The van der Waals surface area contributed by atoms with Crippen LogP contribution in [0.4, 0.5) is 0 Å². The number of hydrogen-bond donors (Lipinski definition) is 1. The SMILES string of the molecule is CC12CCC(=O)N1C(C(=O)NC(c1ccccc1)c1ccc(Cl)cc1)CS2. The average molecular weight is 401 g/mol. The van der Waals surface area contributed by atoms with Gasteiger partial charge in [-0.15, -0.1) is 11.8 Å². The number of carbonyl (C=O) groups is 2. The molecule has 6 heteroatoms. The Bertz CT molecular complexity index is 858. The van der Waals surface area contributed by atoms with Crippen LogP contribution in [0.3, 0.4) is 0 Å². The Morgan fingerprint density at radius 1 is 1.19 bits per heavy atom. The zero-order valence-electron chi connectivity index (χ0n) is 15.0. The number of benzene rings is 2. The van der Waals surface area contributed by atoms with E-state index in [-0.39, 0.29) is 22.7 Å². The molecule has 2 heterocycles. The summed E-state index contributed by atoms with van der Waals surface area (Å²) in [6.07, 6.45) is 1.33. The van der Waals surface area contributed by atoms with Crippen molar-refractivity contribution < 1.29 is 9.59 Å². The standard InChI is InChI=1S/C21H21ClN2O2S/c1-21-12-11-18(25)24(21)17(13-27-21)20(26)23-19(14-5-3-2-4-6-14)15-7-9-16(22)10-8-15/h2-10,17,19H,11-13H2,1H3,(H,23,26). The van der Waals surface area contributed by atoms with Gasteiger partial charge in [0, 0.05) is 17.2 Å². The molecule has 2 saturated heterocycles. The summed E-state index contributed by atoms with van der Waals surface area (Å²) in [4.78, 5) is 27.1. The fraction of sp³-hybridized carbons (Fsp3) is 0.333. The van der Waals surface area contributed by atoms with Crippen LogP contribution in [0.5, 0.6) is 0 Å². The quantitative estimate of drug-likeness (QED) is 0.843. The minimum atomic E-state index is -0.423. The van der Waals surface area contributed by atoms with Crippen LogP contribution in [-0.2, 0) is 9.59 Å². The van der Waals surface area contributed by atoms with Gasteiger partial charge in [-0.2, -0.15) is 0 Å². The van der Waals surface area contributed by atoms with E-state index < -0.39 is 6.04 Å². The summed E-state index contributed by atoms with van der Waals surface area (Å²) in [5, 5.41) is 3.83. The lowest BCUT2D eigenvalue weighted by Crippen LogP contribution is -2.50. The lowest BCUT2D eigenvalue weighted by atomic mass is 9.98. The third-order valence-corrected chi connectivity index (χ3v) is 7.13. The number of thioether (sulfide) groups is 1. The summed E-state index contributed by atoms with van der Waals surface area (Å²) < 4.78 is 0. The number of nitrogens with zero attached hydrogens (tertiary/aromatic N) is 1. The van der Waals surface area contributed by atoms with E-state index in [2.05, 4.69) is 12.2 Å². The van der Waals surface area contributed by atoms with Crippen molar-refractivity contribution in [1.82, 2.24) is 10.2 Å². The van der Waals surface area contributed by atoms with Crippen LogP contribution in [0.1, 0.15) is 36.9 Å². The van der Waals surface area contributed by atoms with E-state index in [4.69, 9.17) is 11.6 Å². The summed E-state index contributed by atoms with van der Waals surface area (Å²) in [6.45, 7) is 2.06. The maximum atomic E-state index is 13.2. The van der Waals surface area contributed by atoms with Crippen molar-refractivity contribution >= 4 is 35.2 Å². The summed E-state index contributed by atoms with van der Waals surface area (Å²) in [5.41, 5.74) is 1.95. The van der Waals surface area contributed by atoms with Gasteiger partial charge < -0.3 is 10.2 Å². The zero-order valence-corrected chi connectivity index (χ0v) is 16.6. The second-order valence-electron chi connectivity index (χ2n) is 7.17. The predicted octanol–water partition coefficient (Wildman–Crippen LogP) is 4.00. The fourth-order valence-electron chi connectivity index (χ4n) is 3.91.